The van der Waals surface area contributed by atoms with E-state index in [0.29, 0.717) is 16.6 Å². The van der Waals surface area contributed by atoms with Gasteiger partial charge in [0.15, 0.2) is 11.4 Å². The third-order valence-electron chi connectivity index (χ3n) is 3.48. The lowest BCUT2D eigenvalue weighted by atomic mass is 10.2. The van der Waals surface area contributed by atoms with E-state index in [2.05, 4.69) is 26.2 Å². The molecule has 4 rings (SSSR count). The number of benzene rings is 1. The largest absolute Gasteiger partial charge is 0.461 e. The van der Waals surface area contributed by atoms with E-state index in [9.17, 15) is 4.79 Å². The summed E-state index contributed by atoms with van der Waals surface area (Å²) in [6.07, 6.45) is 1.48. The summed E-state index contributed by atoms with van der Waals surface area (Å²) in [6, 6.07) is 9.42. The van der Waals surface area contributed by atoms with Crippen molar-refractivity contribution in [1.29, 1.82) is 0 Å². The zero-order valence-electron chi connectivity index (χ0n) is 12.2. The first-order chi connectivity index (χ1) is 11.2. The molecule has 0 unspecified atom stereocenters. The summed E-state index contributed by atoms with van der Waals surface area (Å²) in [4.78, 5) is 19.6. The molecule has 0 aliphatic rings. The Hall–Kier alpha value is -2.67. The maximum absolute atomic E-state index is 11.9. The summed E-state index contributed by atoms with van der Waals surface area (Å²) >= 11 is 1.24. The fourth-order valence-electron chi connectivity index (χ4n) is 2.37. The number of H-pyrrole nitrogens is 1. The molecule has 0 aliphatic carbocycles. The minimum Gasteiger partial charge on any atom is -0.461 e. The number of carbonyl (C=O) groups is 1. The van der Waals surface area contributed by atoms with Gasteiger partial charge < -0.3 is 9.40 Å². The van der Waals surface area contributed by atoms with Crippen LogP contribution in [0.5, 0.6) is 0 Å². The molecule has 7 heteroatoms. The molecule has 23 heavy (non-hydrogen) atoms. The molecule has 114 valence electrons. The van der Waals surface area contributed by atoms with Gasteiger partial charge in [-0.1, -0.05) is 23.4 Å². The van der Waals surface area contributed by atoms with Crippen LogP contribution < -0.4 is 0 Å². The molecular weight excluding hydrogens is 312 g/mol. The van der Waals surface area contributed by atoms with Crippen LogP contribution in [0.15, 0.2) is 46.2 Å². The van der Waals surface area contributed by atoms with Crippen molar-refractivity contribution in [3.63, 3.8) is 0 Å². The van der Waals surface area contributed by atoms with Gasteiger partial charge in [-0.15, -0.1) is 10.2 Å². The van der Waals surface area contributed by atoms with E-state index >= 15 is 0 Å². The zero-order chi connectivity index (χ0) is 15.8. The first-order valence-electron chi connectivity index (χ1n) is 7.03. The first-order valence-corrected chi connectivity index (χ1v) is 8.01. The van der Waals surface area contributed by atoms with Crippen molar-refractivity contribution in [3.05, 3.63) is 47.9 Å². The van der Waals surface area contributed by atoms with E-state index in [1.807, 2.05) is 19.1 Å². The van der Waals surface area contributed by atoms with E-state index in [4.69, 9.17) is 4.42 Å². The quantitative estimate of drug-likeness (QED) is 0.457. The molecule has 0 aliphatic heterocycles. The van der Waals surface area contributed by atoms with Gasteiger partial charge >= 0.3 is 0 Å². The number of furan rings is 1. The van der Waals surface area contributed by atoms with Crippen LogP contribution in [-0.2, 0) is 0 Å². The Bertz CT molecular complexity index is 1010. The Morgan fingerprint density at radius 1 is 1.30 bits per heavy atom. The lowest BCUT2D eigenvalue weighted by Crippen LogP contribution is -2.02. The van der Waals surface area contributed by atoms with Crippen LogP contribution in [-0.4, -0.2) is 31.7 Å². The van der Waals surface area contributed by atoms with Crippen LogP contribution >= 0.6 is 11.8 Å². The average molecular weight is 324 g/mol. The standard InChI is InChI=1S/C16H12N4O2S/c1-9-4-5-11-10(7-9)14-15(17-11)18-16(20-19-14)23-8-12(21)13-3-2-6-22-13/h2-7H,8H2,1H3,(H,17,18,20). The Morgan fingerprint density at radius 2 is 2.22 bits per heavy atom. The van der Waals surface area contributed by atoms with Gasteiger partial charge in [-0.2, -0.15) is 0 Å². The number of nitrogens with one attached hydrogen (secondary N) is 1. The molecule has 0 radical (unpaired) electrons. The van der Waals surface area contributed by atoms with Crippen LogP contribution in [0.4, 0.5) is 0 Å². The van der Waals surface area contributed by atoms with E-state index in [-0.39, 0.29) is 11.5 Å². The predicted molar refractivity (Wildman–Crippen MR) is 87.7 cm³/mol. The van der Waals surface area contributed by atoms with Crippen molar-refractivity contribution < 1.29 is 9.21 Å². The fourth-order valence-corrected chi connectivity index (χ4v) is 3.03. The number of aryl methyl sites for hydroxylation is 1. The smallest absolute Gasteiger partial charge is 0.211 e. The minimum absolute atomic E-state index is 0.101. The van der Waals surface area contributed by atoms with Gasteiger partial charge in [-0.25, -0.2) is 4.98 Å². The Labute approximate surface area is 135 Å². The van der Waals surface area contributed by atoms with Crippen molar-refractivity contribution in [2.75, 3.05) is 5.75 Å². The molecule has 0 spiro atoms. The van der Waals surface area contributed by atoms with Crippen LogP contribution in [0.3, 0.4) is 0 Å². The number of Topliss-reactive ketones (excluding diaryl/α,β-unsaturated/α-hetero) is 1. The van der Waals surface area contributed by atoms with Crippen molar-refractivity contribution in [1.82, 2.24) is 20.2 Å². The normalized spacial score (nSPS) is 11.3. The van der Waals surface area contributed by atoms with Crippen molar-refractivity contribution in [2.45, 2.75) is 12.1 Å². The topological polar surface area (TPSA) is 84.7 Å². The highest BCUT2D eigenvalue weighted by molar-refractivity contribution is 7.99. The molecule has 0 saturated carbocycles. The van der Waals surface area contributed by atoms with Gasteiger partial charge in [-0.3, -0.25) is 4.79 Å². The number of hydrogen-bond donors (Lipinski definition) is 1. The molecule has 3 heterocycles. The summed E-state index contributed by atoms with van der Waals surface area (Å²) < 4.78 is 5.08. The number of thioether (sulfide) groups is 1. The van der Waals surface area contributed by atoms with Crippen molar-refractivity contribution >= 4 is 39.6 Å². The Kier molecular flexibility index (Phi) is 3.34. The molecular formula is C16H12N4O2S. The van der Waals surface area contributed by atoms with Crippen LogP contribution in [0.1, 0.15) is 16.1 Å². The van der Waals surface area contributed by atoms with Gasteiger partial charge in [0.2, 0.25) is 10.9 Å². The lowest BCUT2D eigenvalue weighted by Gasteiger charge is -1.97. The summed E-state index contributed by atoms with van der Waals surface area (Å²) in [6.45, 7) is 2.03. The highest BCUT2D eigenvalue weighted by atomic mass is 32.2. The summed E-state index contributed by atoms with van der Waals surface area (Å²) in [5, 5.41) is 9.82. The number of fused-ring (bicyclic) bond motifs is 3. The van der Waals surface area contributed by atoms with E-state index < -0.39 is 0 Å². The number of rotatable bonds is 4. The van der Waals surface area contributed by atoms with Crippen molar-refractivity contribution in [3.8, 4) is 0 Å². The lowest BCUT2D eigenvalue weighted by molar-refractivity contribution is 0.0992. The average Bonchev–Trinajstić information content (AvgIpc) is 3.19. The molecule has 3 aromatic heterocycles. The highest BCUT2D eigenvalue weighted by Gasteiger charge is 2.13. The van der Waals surface area contributed by atoms with Gasteiger partial charge in [0.1, 0.15) is 5.52 Å². The number of hydrogen-bond acceptors (Lipinski definition) is 6. The molecule has 4 aromatic rings. The first kappa shape index (κ1) is 14.0. The van der Waals surface area contributed by atoms with E-state index in [1.165, 1.54) is 18.0 Å². The van der Waals surface area contributed by atoms with Gasteiger partial charge in [0.25, 0.3) is 0 Å². The third kappa shape index (κ3) is 2.59. The van der Waals surface area contributed by atoms with Crippen LogP contribution in [0.25, 0.3) is 22.1 Å². The van der Waals surface area contributed by atoms with Gasteiger partial charge in [0.05, 0.1) is 12.0 Å². The second kappa shape index (κ2) is 5.51. The molecule has 0 saturated heterocycles. The third-order valence-corrected chi connectivity index (χ3v) is 4.32. The molecule has 0 atom stereocenters. The number of aromatic nitrogens is 4. The Morgan fingerprint density at radius 3 is 3.04 bits per heavy atom. The molecule has 0 bridgehead atoms. The van der Waals surface area contributed by atoms with Crippen molar-refractivity contribution in [2.24, 2.45) is 0 Å². The monoisotopic (exact) mass is 324 g/mol. The molecule has 1 aromatic carbocycles. The highest BCUT2D eigenvalue weighted by Crippen LogP contribution is 2.24. The molecule has 6 nitrogen and oxygen atoms in total. The zero-order valence-corrected chi connectivity index (χ0v) is 13.1. The number of aromatic amines is 1. The van der Waals surface area contributed by atoms with Crippen LogP contribution in [0, 0.1) is 6.92 Å². The predicted octanol–water partition coefficient (Wildman–Crippen LogP) is 3.38. The fraction of sp³-hybridized carbons (Fsp3) is 0.125. The summed E-state index contributed by atoms with van der Waals surface area (Å²) in [5.74, 6) is 0.448. The number of carbonyl (C=O) groups excluding carboxylic acids is 1. The molecule has 1 N–H and O–H groups in total. The second-order valence-corrected chi connectivity index (χ2v) is 6.10. The maximum Gasteiger partial charge on any atom is 0.211 e. The minimum atomic E-state index is -0.101. The SMILES string of the molecule is Cc1ccc2[nH]c3nc(SCC(=O)c4ccco4)nnc3c2c1. The van der Waals surface area contributed by atoms with Gasteiger partial charge in [-0.05, 0) is 31.2 Å². The van der Waals surface area contributed by atoms with Gasteiger partial charge in [0, 0.05) is 10.9 Å². The molecule has 0 amide bonds. The Balaban J connectivity index is 1.61. The summed E-state index contributed by atoms with van der Waals surface area (Å²) in [5.41, 5.74) is 3.54. The van der Waals surface area contributed by atoms with Crippen LogP contribution in [0.2, 0.25) is 0 Å². The maximum atomic E-state index is 11.9. The van der Waals surface area contributed by atoms with E-state index in [1.54, 1.807) is 12.1 Å². The second-order valence-electron chi connectivity index (χ2n) is 5.15. The number of nitrogens with zero attached hydrogens (tertiary/aromatic N) is 3. The van der Waals surface area contributed by atoms with E-state index in [0.717, 1.165) is 22.0 Å². The summed E-state index contributed by atoms with van der Waals surface area (Å²) in [7, 11) is 0. The molecule has 0 fully saturated rings. The number of ketones is 1.